The van der Waals surface area contributed by atoms with Gasteiger partial charge in [-0.25, -0.2) is 0 Å². The highest BCUT2D eigenvalue weighted by Crippen LogP contribution is 2.23. The lowest BCUT2D eigenvalue weighted by molar-refractivity contribution is -0.134. The van der Waals surface area contributed by atoms with Crippen molar-refractivity contribution in [1.29, 1.82) is 0 Å². The molecule has 0 aromatic heterocycles. The maximum absolute atomic E-state index is 12.4. The van der Waals surface area contributed by atoms with Gasteiger partial charge in [0.1, 0.15) is 11.5 Å². The molecule has 0 fully saturated rings. The first kappa shape index (κ1) is 22.2. The van der Waals surface area contributed by atoms with Crippen molar-refractivity contribution < 1.29 is 19.1 Å². The number of benzene rings is 3. The van der Waals surface area contributed by atoms with E-state index in [1.54, 1.807) is 24.3 Å². The fourth-order valence-corrected chi connectivity index (χ4v) is 2.90. The number of rotatable bonds is 8. The second kappa shape index (κ2) is 11.0. The lowest BCUT2D eigenvalue weighted by Crippen LogP contribution is -2.49. The van der Waals surface area contributed by atoms with Gasteiger partial charge in [-0.2, -0.15) is 0 Å². The SMILES string of the molecule is CCC(Oc1ccc(-c2ccccc2)cc1)C(=O)NNC(=O)COc1ccc(Cl)cc1. The number of hydrogen-bond donors (Lipinski definition) is 2. The molecule has 0 radical (unpaired) electrons. The summed E-state index contributed by atoms with van der Waals surface area (Å²) in [7, 11) is 0. The van der Waals surface area contributed by atoms with Crippen molar-refractivity contribution in [2.75, 3.05) is 6.61 Å². The van der Waals surface area contributed by atoms with E-state index < -0.39 is 17.9 Å². The first-order valence-electron chi connectivity index (χ1n) is 9.84. The predicted octanol–water partition coefficient (Wildman–Crippen LogP) is 4.39. The maximum atomic E-state index is 12.4. The molecule has 2 amide bonds. The molecule has 0 aliphatic heterocycles. The number of halogens is 1. The number of carbonyl (C=O) groups is 2. The number of amides is 2. The molecule has 6 nitrogen and oxygen atoms in total. The van der Waals surface area contributed by atoms with Gasteiger partial charge in [0.15, 0.2) is 12.7 Å². The van der Waals surface area contributed by atoms with Crippen LogP contribution in [0.4, 0.5) is 0 Å². The molecule has 31 heavy (non-hydrogen) atoms. The van der Waals surface area contributed by atoms with Crippen LogP contribution in [-0.4, -0.2) is 24.5 Å². The predicted molar refractivity (Wildman–Crippen MR) is 120 cm³/mol. The van der Waals surface area contributed by atoms with Crippen molar-refractivity contribution in [2.45, 2.75) is 19.4 Å². The molecule has 3 rings (SSSR count). The van der Waals surface area contributed by atoms with E-state index in [1.807, 2.05) is 61.5 Å². The average Bonchev–Trinajstić information content (AvgIpc) is 2.81. The van der Waals surface area contributed by atoms with Crippen LogP contribution in [0, 0.1) is 0 Å². The first-order chi connectivity index (χ1) is 15.0. The fraction of sp³-hybridized carbons (Fsp3) is 0.167. The quantitative estimate of drug-likeness (QED) is 0.511. The standard InChI is InChI=1S/C24H23ClN2O4/c1-2-22(31-21-12-8-18(9-13-21)17-6-4-3-5-7-17)24(29)27-26-23(28)16-30-20-14-10-19(25)11-15-20/h3-15,22H,2,16H2,1H3,(H,26,28)(H,27,29). The lowest BCUT2D eigenvalue weighted by atomic mass is 10.1. The van der Waals surface area contributed by atoms with E-state index in [1.165, 1.54) is 0 Å². The highest BCUT2D eigenvalue weighted by Gasteiger charge is 2.19. The Hall–Kier alpha value is -3.51. The summed E-state index contributed by atoms with van der Waals surface area (Å²) in [5.74, 6) is 0.124. The van der Waals surface area contributed by atoms with E-state index in [-0.39, 0.29) is 6.61 Å². The van der Waals surface area contributed by atoms with Crippen molar-refractivity contribution >= 4 is 23.4 Å². The van der Waals surface area contributed by atoms with Gasteiger partial charge in [-0.05, 0) is 53.9 Å². The summed E-state index contributed by atoms with van der Waals surface area (Å²) >= 11 is 5.80. The lowest BCUT2D eigenvalue weighted by Gasteiger charge is -2.18. The third-order valence-electron chi connectivity index (χ3n) is 4.41. The molecule has 1 unspecified atom stereocenters. The van der Waals surface area contributed by atoms with Gasteiger partial charge in [0.25, 0.3) is 11.8 Å². The van der Waals surface area contributed by atoms with Crippen LogP contribution in [0.15, 0.2) is 78.9 Å². The van der Waals surface area contributed by atoms with Crippen LogP contribution >= 0.6 is 11.6 Å². The van der Waals surface area contributed by atoms with Crippen LogP contribution in [0.2, 0.25) is 5.02 Å². The Kier molecular flexibility index (Phi) is 7.90. The van der Waals surface area contributed by atoms with Crippen molar-refractivity contribution in [1.82, 2.24) is 10.9 Å². The number of carbonyl (C=O) groups excluding carboxylic acids is 2. The summed E-state index contributed by atoms with van der Waals surface area (Å²) in [6.07, 6.45) is -0.316. The third-order valence-corrected chi connectivity index (χ3v) is 4.66. The highest BCUT2D eigenvalue weighted by atomic mass is 35.5. The molecule has 0 saturated carbocycles. The molecule has 7 heteroatoms. The van der Waals surface area contributed by atoms with E-state index in [0.717, 1.165) is 11.1 Å². The second-order valence-electron chi connectivity index (χ2n) is 6.69. The summed E-state index contributed by atoms with van der Waals surface area (Å²) in [5.41, 5.74) is 6.85. The number of nitrogens with one attached hydrogen (secondary N) is 2. The second-order valence-corrected chi connectivity index (χ2v) is 7.12. The maximum Gasteiger partial charge on any atom is 0.279 e. The Morgan fingerprint density at radius 3 is 2.10 bits per heavy atom. The number of ether oxygens (including phenoxy) is 2. The van der Waals surface area contributed by atoms with Gasteiger partial charge in [-0.1, -0.05) is 61.0 Å². The topological polar surface area (TPSA) is 76.7 Å². The van der Waals surface area contributed by atoms with Gasteiger partial charge in [0, 0.05) is 5.02 Å². The molecule has 160 valence electrons. The number of hydrogen-bond acceptors (Lipinski definition) is 4. The molecule has 0 bridgehead atoms. The Balaban J connectivity index is 1.47. The minimum atomic E-state index is -0.750. The van der Waals surface area contributed by atoms with Crippen molar-refractivity contribution in [2.24, 2.45) is 0 Å². The summed E-state index contributed by atoms with van der Waals surface area (Å²) in [4.78, 5) is 24.3. The van der Waals surface area contributed by atoms with E-state index in [9.17, 15) is 9.59 Å². The van der Waals surface area contributed by atoms with Gasteiger partial charge in [-0.3, -0.25) is 20.4 Å². The average molecular weight is 439 g/mol. The van der Waals surface area contributed by atoms with E-state index in [2.05, 4.69) is 10.9 Å². The number of hydrazine groups is 1. The van der Waals surface area contributed by atoms with Gasteiger partial charge in [0.2, 0.25) is 0 Å². The van der Waals surface area contributed by atoms with E-state index >= 15 is 0 Å². The summed E-state index contributed by atoms with van der Waals surface area (Å²) in [6, 6.07) is 24.1. The minimum Gasteiger partial charge on any atom is -0.484 e. The molecule has 0 heterocycles. The van der Waals surface area contributed by atoms with Crippen LogP contribution in [0.1, 0.15) is 13.3 Å². The molecule has 0 aliphatic rings. The third kappa shape index (κ3) is 6.76. The molecule has 0 saturated heterocycles. The normalized spacial score (nSPS) is 11.3. The van der Waals surface area contributed by atoms with Crippen LogP contribution in [0.3, 0.4) is 0 Å². The van der Waals surface area contributed by atoms with E-state index in [0.29, 0.717) is 22.9 Å². The van der Waals surface area contributed by atoms with Gasteiger partial charge >= 0.3 is 0 Å². The van der Waals surface area contributed by atoms with Crippen molar-refractivity contribution in [3.63, 3.8) is 0 Å². The van der Waals surface area contributed by atoms with E-state index in [4.69, 9.17) is 21.1 Å². The Morgan fingerprint density at radius 1 is 0.839 bits per heavy atom. The van der Waals surface area contributed by atoms with Crippen molar-refractivity contribution in [3.05, 3.63) is 83.9 Å². The van der Waals surface area contributed by atoms with Crippen LogP contribution < -0.4 is 20.3 Å². The molecule has 1 atom stereocenters. The summed E-state index contributed by atoms with van der Waals surface area (Å²) in [6.45, 7) is 1.58. The molecule has 0 spiro atoms. The van der Waals surface area contributed by atoms with Crippen LogP contribution in [0.5, 0.6) is 11.5 Å². The smallest absolute Gasteiger partial charge is 0.279 e. The summed E-state index contributed by atoms with van der Waals surface area (Å²) < 4.78 is 11.1. The monoisotopic (exact) mass is 438 g/mol. The first-order valence-corrected chi connectivity index (χ1v) is 10.2. The Labute approximate surface area is 186 Å². The largest absolute Gasteiger partial charge is 0.484 e. The zero-order chi connectivity index (χ0) is 22.1. The molecule has 0 aliphatic carbocycles. The highest BCUT2D eigenvalue weighted by molar-refractivity contribution is 6.30. The fourth-order valence-electron chi connectivity index (χ4n) is 2.77. The Morgan fingerprint density at radius 2 is 1.45 bits per heavy atom. The Bertz CT molecular complexity index is 992. The minimum absolute atomic E-state index is 0.249. The zero-order valence-corrected chi connectivity index (χ0v) is 17.8. The molecular formula is C24H23ClN2O4. The summed E-state index contributed by atoms with van der Waals surface area (Å²) in [5, 5.41) is 0.573. The van der Waals surface area contributed by atoms with Gasteiger partial charge in [0.05, 0.1) is 0 Å². The molecular weight excluding hydrogens is 416 g/mol. The van der Waals surface area contributed by atoms with Gasteiger partial charge < -0.3 is 9.47 Å². The van der Waals surface area contributed by atoms with Gasteiger partial charge in [-0.15, -0.1) is 0 Å². The van der Waals surface area contributed by atoms with Crippen molar-refractivity contribution in [3.8, 4) is 22.6 Å². The van der Waals surface area contributed by atoms with Crippen LogP contribution in [-0.2, 0) is 9.59 Å². The molecule has 2 N–H and O–H groups in total. The molecule has 3 aromatic rings. The van der Waals surface area contributed by atoms with Crippen LogP contribution in [0.25, 0.3) is 11.1 Å². The molecule has 3 aromatic carbocycles. The zero-order valence-electron chi connectivity index (χ0n) is 17.0.